The summed E-state index contributed by atoms with van der Waals surface area (Å²) in [5.41, 5.74) is 1.55. The van der Waals surface area contributed by atoms with E-state index in [0.717, 1.165) is 83.3 Å². The molecule has 2 aliphatic rings. The first-order chi connectivity index (χ1) is 18.2. The molecule has 3 aromatic rings. The van der Waals surface area contributed by atoms with E-state index in [0.29, 0.717) is 25.4 Å². The topological polar surface area (TPSA) is 82.6 Å². The van der Waals surface area contributed by atoms with Crippen LogP contribution in [-0.2, 0) is 22.3 Å². The fourth-order valence-corrected chi connectivity index (χ4v) is 6.41. The van der Waals surface area contributed by atoms with Crippen molar-refractivity contribution in [2.45, 2.75) is 89.9 Å². The second kappa shape index (κ2) is 11.6. The summed E-state index contributed by atoms with van der Waals surface area (Å²) < 4.78 is 20.6. The van der Waals surface area contributed by atoms with Crippen LogP contribution in [0, 0.1) is 0 Å². The van der Waals surface area contributed by atoms with E-state index in [4.69, 9.17) is 25.5 Å². The van der Waals surface area contributed by atoms with Crippen LogP contribution in [0.1, 0.15) is 88.7 Å². The second-order valence-electron chi connectivity index (χ2n) is 11.3. The highest BCUT2D eigenvalue weighted by Crippen LogP contribution is 2.37. The lowest BCUT2D eigenvalue weighted by molar-refractivity contribution is -0.0366. The highest BCUT2D eigenvalue weighted by molar-refractivity contribution is 9.10. The van der Waals surface area contributed by atoms with Crippen LogP contribution >= 0.6 is 27.5 Å². The maximum atomic E-state index is 12.5. The summed E-state index contributed by atoms with van der Waals surface area (Å²) in [7, 11) is 0. The third-order valence-electron chi connectivity index (χ3n) is 7.18. The van der Waals surface area contributed by atoms with Gasteiger partial charge in [0, 0.05) is 46.9 Å². The molecule has 206 valence electrons. The Morgan fingerprint density at radius 1 is 1.21 bits per heavy atom. The molecule has 0 bridgehead atoms. The summed E-state index contributed by atoms with van der Waals surface area (Å²) in [5.74, 6) is 1.68. The third-order valence-corrected chi connectivity index (χ3v) is 8.42. The van der Waals surface area contributed by atoms with Crippen molar-refractivity contribution in [1.82, 2.24) is 19.7 Å². The minimum Gasteiger partial charge on any atom is -0.445 e. The van der Waals surface area contributed by atoms with Crippen LogP contribution in [-0.4, -0.2) is 51.1 Å². The number of benzene rings is 1. The number of amides is 1. The molecule has 2 atom stereocenters. The molecule has 0 saturated carbocycles. The summed E-state index contributed by atoms with van der Waals surface area (Å²) in [5, 5.41) is 6.38. The van der Waals surface area contributed by atoms with Gasteiger partial charge in [-0.05, 0) is 93.3 Å². The minimum atomic E-state index is -0.504. The van der Waals surface area contributed by atoms with Crippen molar-refractivity contribution in [2.24, 2.45) is 0 Å². The van der Waals surface area contributed by atoms with E-state index in [9.17, 15) is 4.79 Å². The maximum absolute atomic E-state index is 12.5. The monoisotopic (exact) mass is 606 g/mol. The first-order valence-corrected chi connectivity index (χ1v) is 14.7. The third kappa shape index (κ3) is 6.20. The van der Waals surface area contributed by atoms with E-state index in [-0.39, 0.29) is 18.2 Å². The first kappa shape index (κ1) is 27.5. The Hall–Kier alpha value is -2.10. The fraction of sp³-hybridized carbons (Fsp3) is 0.607. The van der Waals surface area contributed by atoms with Gasteiger partial charge in [0.1, 0.15) is 11.4 Å². The van der Waals surface area contributed by atoms with E-state index in [1.165, 1.54) is 0 Å². The van der Waals surface area contributed by atoms with Crippen LogP contribution in [0.25, 0.3) is 10.9 Å². The Balaban J connectivity index is 1.20. The molecule has 2 fully saturated rings. The van der Waals surface area contributed by atoms with Gasteiger partial charge in [0.2, 0.25) is 0 Å². The summed E-state index contributed by atoms with van der Waals surface area (Å²) in [6.07, 6.45) is 10.8. The number of aryl methyl sites for hydroxylation is 1. The molecule has 1 aromatic carbocycles. The molecule has 4 heterocycles. The number of fused-ring (bicyclic) bond motifs is 1. The molecule has 2 saturated heterocycles. The van der Waals surface area contributed by atoms with E-state index in [2.05, 4.69) is 26.0 Å². The zero-order valence-corrected chi connectivity index (χ0v) is 24.7. The van der Waals surface area contributed by atoms with Crippen molar-refractivity contribution in [3.05, 3.63) is 45.2 Å². The van der Waals surface area contributed by atoms with Gasteiger partial charge in [-0.15, -0.1) is 0 Å². The highest BCUT2D eigenvalue weighted by atomic mass is 79.9. The van der Waals surface area contributed by atoms with Gasteiger partial charge in [0.25, 0.3) is 0 Å². The zero-order valence-electron chi connectivity index (χ0n) is 22.3. The van der Waals surface area contributed by atoms with Crippen molar-refractivity contribution in [1.29, 1.82) is 0 Å². The molecule has 2 aromatic heterocycles. The lowest BCUT2D eigenvalue weighted by Gasteiger charge is -2.33. The van der Waals surface area contributed by atoms with E-state index < -0.39 is 5.60 Å². The standard InChI is InChI=1S/C28H36BrClN4O4/c1-28(2,3)38-27(35)33-12-7-8-18(17-33)23-16-31-24(37-23)10-6-9-19-21(30)14-22-20(26(19)29)15-32-34(22)25-11-4-5-13-36-25/h14-16,18,25H,4-13,17H2,1-3H3. The quantitative estimate of drug-likeness (QED) is 0.290. The Kier molecular flexibility index (Phi) is 8.36. The number of halogens is 2. The zero-order chi connectivity index (χ0) is 26.9. The van der Waals surface area contributed by atoms with Gasteiger partial charge < -0.3 is 18.8 Å². The number of likely N-dealkylation sites (tertiary alicyclic amines) is 1. The second-order valence-corrected chi connectivity index (χ2v) is 12.5. The number of nitrogens with zero attached hydrogens (tertiary/aromatic N) is 4. The number of ether oxygens (including phenoxy) is 2. The van der Waals surface area contributed by atoms with Gasteiger partial charge >= 0.3 is 6.09 Å². The van der Waals surface area contributed by atoms with Crippen LogP contribution < -0.4 is 0 Å². The number of carbonyl (C=O) groups is 1. The van der Waals surface area contributed by atoms with Gasteiger partial charge in [-0.25, -0.2) is 14.5 Å². The average Bonchev–Trinajstić information content (AvgIpc) is 3.53. The lowest BCUT2D eigenvalue weighted by Crippen LogP contribution is -2.42. The molecule has 5 rings (SSSR count). The SMILES string of the molecule is CC(C)(C)OC(=O)N1CCCC(c2cnc(CCCc3c(Cl)cc4c(cnn4C4CCCCO4)c3Br)o2)C1. The molecule has 2 unspecified atom stereocenters. The normalized spacial score (nSPS) is 20.7. The van der Waals surface area contributed by atoms with Crippen LogP contribution in [0.2, 0.25) is 5.02 Å². The molecular formula is C28H36BrClN4O4. The maximum Gasteiger partial charge on any atom is 0.410 e. The molecule has 2 aliphatic heterocycles. The number of hydrogen-bond acceptors (Lipinski definition) is 6. The summed E-state index contributed by atoms with van der Waals surface area (Å²) in [4.78, 5) is 18.8. The number of oxazole rings is 1. The molecule has 10 heteroatoms. The molecule has 1 amide bonds. The smallest absolute Gasteiger partial charge is 0.410 e. The van der Waals surface area contributed by atoms with Gasteiger partial charge in [-0.1, -0.05) is 11.6 Å². The number of aromatic nitrogens is 3. The van der Waals surface area contributed by atoms with E-state index in [1.54, 1.807) is 4.90 Å². The molecule has 38 heavy (non-hydrogen) atoms. The minimum absolute atomic E-state index is 0.0327. The van der Waals surface area contributed by atoms with Crippen molar-refractivity contribution in [3.63, 3.8) is 0 Å². The van der Waals surface area contributed by atoms with E-state index >= 15 is 0 Å². The number of piperidine rings is 1. The molecule has 0 N–H and O–H groups in total. The molecule has 0 radical (unpaired) electrons. The van der Waals surface area contributed by atoms with E-state index in [1.807, 2.05) is 43.9 Å². The Morgan fingerprint density at radius 2 is 2.05 bits per heavy atom. The number of carbonyl (C=O) groups excluding carboxylic acids is 1. The molecular weight excluding hydrogens is 572 g/mol. The first-order valence-electron chi connectivity index (χ1n) is 13.6. The van der Waals surface area contributed by atoms with Crippen molar-refractivity contribution >= 4 is 44.5 Å². The summed E-state index contributed by atoms with van der Waals surface area (Å²) in [6.45, 7) is 7.73. The van der Waals surface area contributed by atoms with Crippen LogP contribution in [0.4, 0.5) is 4.79 Å². The summed E-state index contributed by atoms with van der Waals surface area (Å²) in [6, 6.07) is 2.00. The molecule has 0 aliphatic carbocycles. The number of hydrogen-bond donors (Lipinski definition) is 0. The Bertz CT molecular complexity index is 1280. The number of rotatable bonds is 6. The predicted molar refractivity (Wildman–Crippen MR) is 150 cm³/mol. The average molecular weight is 608 g/mol. The lowest BCUT2D eigenvalue weighted by atomic mass is 9.96. The van der Waals surface area contributed by atoms with Gasteiger partial charge in [0.05, 0.1) is 17.9 Å². The van der Waals surface area contributed by atoms with Crippen LogP contribution in [0.5, 0.6) is 0 Å². The van der Waals surface area contributed by atoms with Crippen molar-refractivity contribution in [3.8, 4) is 0 Å². The largest absolute Gasteiger partial charge is 0.445 e. The summed E-state index contributed by atoms with van der Waals surface area (Å²) >= 11 is 10.5. The Labute approximate surface area is 237 Å². The van der Waals surface area contributed by atoms with Crippen LogP contribution in [0.3, 0.4) is 0 Å². The van der Waals surface area contributed by atoms with Gasteiger partial charge in [0.15, 0.2) is 12.1 Å². The Morgan fingerprint density at radius 3 is 2.82 bits per heavy atom. The van der Waals surface area contributed by atoms with Crippen LogP contribution in [0.15, 0.2) is 27.3 Å². The predicted octanol–water partition coefficient (Wildman–Crippen LogP) is 7.43. The van der Waals surface area contributed by atoms with Gasteiger partial charge in [-0.3, -0.25) is 0 Å². The van der Waals surface area contributed by atoms with Crippen molar-refractivity contribution in [2.75, 3.05) is 19.7 Å². The molecule has 8 nitrogen and oxygen atoms in total. The highest BCUT2D eigenvalue weighted by Gasteiger charge is 2.30. The fourth-order valence-electron chi connectivity index (χ4n) is 5.28. The van der Waals surface area contributed by atoms with Gasteiger partial charge in [-0.2, -0.15) is 5.10 Å². The van der Waals surface area contributed by atoms with Crippen molar-refractivity contribution < 1.29 is 18.7 Å². The molecule has 0 spiro atoms.